The van der Waals surface area contributed by atoms with Gasteiger partial charge in [-0.3, -0.25) is 4.90 Å². The van der Waals surface area contributed by atoms with Gasteiger partial charge in [0.1, 0.15) is 0 Å². The van der Waals surface area contributed by atoms with E-state index in [9.17, 15) is 0 Å². The van der Waals surface area contributed by atoms with Crippen molar-refractivity contribution in [3.63, 3.8) is 0 Å². The fraction of sp³-hybridized carbons (Fsp3) is 0.818. The van der Waals surface area contributed by atoms with Crippen LogP contribution in [-0.2, 0) is 4.74 Å². The maximum atomic E-state index is 5.40. The van der Waals surface area contributed by atoms with Crippen LogP contribution >= 0.6 is 0 Å². The molecule has 0 bridgehead atoms. The molecule has 1 N–H and O–H groups in total. The fourth-order valence-corrected chi connectivity index (χ4v) is 1.63. The lowest BCUT2D eigenvalue weighted by atomic mass is 10.2. The summed E-state index contributed by atoms with van der Waals surface area (Å²) >= 11 is 0. The molecule has 0 saturated carbocycles. The van der Waals surface area contributed by atoms with E-state index >= 15 is 0 Å². The molecule has 0 atom stereocenters. The molecule has 3 heteroatoms. The maximum absolute atomic E-state index is 5.40. The Morgan fingerprint density at radius 1 is 1.43 bits per heavy atom. The van der Waals surface area contributed by atoms with E-state index in [1.54, 1.807) is 0 Å². The van der Waals surface area contributed by atoms with E-state index in [1.165, 1.54) is 5.57 Å². The fourth-order valence-electron chi connectivity index (χ4n) is 1.63. The van der Waals surface area contributed by atoms with Gasteiger partial charge in [-0.05, 0) is 18.5 Å². The highest BCUT2D eigenvalue weighted by molar-refractivity contribution is 4.99. The van der Waals surface area contributed by atoms with Gasteiger partial charge in [0.15, 0.2) is 0 Å². The molecule has 0 aromatic carbocycles. The van der Waals surface area contributed by atoms with Gasteiger partial charge in [0.2, 0.25) is 0 Å². The van der Waals surface area contributed by atoms with Crippen LogP contribution in [-0.4, -0.2) is 50.8 Å². The molecular weight excluding hydrogens is 176 g/mol. The molecule has 1 heterocycles. The lowest BCUT2D eigenvalue weighted by Crippen LogP contribution is -2.31. The van der Waals surface area contributed by atoms with Gasteiger partial charge in [-0.25, -0.2) is 0 Å². The Labute approximate surface area is 87.1 Å². The summed E-state index contributed by atoms with van der Waals surface area (Å²) in [5.41, 5.74) is 1.27. The molecule has 0 aliphatic carbocycles. The number of likely N-dealkylation sites (N-methyl/N-ethyl adjacent to an activating group) is 1. The summed E-state index contributed by atoms with van der Waals surface area (Å²) in [6.07, 6.45) is 1.15. The normalized spacial score (nSPS) is 19.2. The topological polar surface area (TPSA) is 24.5 Å². The van der Waals surface area contributed by atoms with Crippen LogP contribution < -0.4 is 5.32 Å². The van der Waals surface area contributed by atoms with Crippen LogP contribution in [0.4, 0.5) is 0 Å². The van der Waals surface area contributed by atoms with Crippen LogP contribution in [0.2, 0.25) is 0 Å². The molecular formula is C11H22N2O. The van der Waals surface area contributed by atoms with Crippen molar-refractivity contribution in [1.82, 2.24) is 10.2 Å². The average molecular weight is 198 g/mol. The number of nitrogens with zero attached hydrogens (tertiary/aromatic N) is 1. The van der Waals surface area contributed by atoms with Crippen molar-refractivity contribution in [2.45, 2.75) is 13.3 Å². The van der Waals surface area contributed by atoms with Crippen molar-refractivity contribution < 1.29 is 4.74 Å². The summed E-state index contributed by atoms with van der Waals surface area (Å²) in [5.74, 6) is 0. The van der Waals surface area contributed by atoms with Crippen molar-refractivity contribution in [2.75, 3.05) is 45.9 Å². The SMILES string of the molecule is C=C(CNCC)CN1CCCOCC1. The number of nitrogens with one attached hydrogen (secondary N) is 1. The number of hydrogen-bond donors (Lipinski definition) is 1. The third-order valence-corrected chi connectivity index (χ3v) is 2.39. The number of ether oxygens (including phenoxy) is 1. The smallest absolute Gasteiger partial charge is 0.0593 e. The van der Waals surface area contributed by atoms with Crippen molar-refractivity contribution in [1.29, 1.82) is 0 Å². The summed E-state index contributed by atoms with van der Waals surface area (Å²) < 4.78 is 5.40. The summed E-state index contributed by atoms with van der Waals surface area (Å²) in [4.78, 5) is 2.42. The van der Waals surface area contributed by atoms with Crippen LogP contribution in [0.15, 0.2) is 12.2 Å². The first-order valence-electron chi connectivity index (χ1n) is 5.50. The minimum Gasteiger partial charge on any atom is -0.380 e. The molecule has 1 fully saturated rings. The standard InChI is InChI=1S/C11H22N2O/c1-3-12-9-11(2)10-13-5-4-7-14-8-6-13/h12H,2-10H2,1H3. The molecule has 0 spiro atoms. The molecule has 3 nitrogen and oxygen atoms in total. The largest absolute Gasteiger partial charge is 0.380 e. The molecule has 0 unspecified atom stereocenters. The van der Waals surface area contributed by atoms with E-state index in [0.717, 1.165) is 52.4 Å². The first-order valence-corrected chi connectivity index (χ1v) is 5.50. The number of rotatable bonds is 5. The van der Waals surface area contributed by atoms with E-state index < -0.39 is 0 Å². The molecule has 14 heavy (non-hydrogen) atoms. The predicted octanol–water partition coefficient (Wildman–Crippen LogP) is 0.874. The van der Waals surface area contributed by atoms with E-state index in [1.807, 2.05) is 0 Å². The van der Waals surface area contributed by atoms with E-state index in [2.05, 4.69) is 23.7 Å². The highest BCUT2D eigenvalue weighted by Crippen LogP contribution is 2.01. The van der Waals surface area contributed by atoms with E-state index in [4.69, 9.17) is 4.74 Å². The Bertz CT molecular complexity index is 163. The van der Waals surface area contributed by atoms with Crippen LogP contribution in [0, 0.1) is 0 Å². The van der Waals surface area contributed by atoms with Crippen LogP contribution in [0.25, 0.3) is 0 Å². The molecule has 1 rings (SSSR count). The van der Waals surface area contributed by atoms with Gasteiger partial charge in [-0.1, -0.05) is 13.5 Å². The molecule has 0 amide bonds. The quantitative estimate of drug-likeness (QED) is 0.664. The highest BCUT2D eigenvalue weighted by atomic mass is 16.5. The summed E-state index contributed by atoms with van der Waals surface area (Å²) in [6.45, 7) is 13.1. The van der Waals surface area contributed by atoms with Gasteiger partial charge >= 0.3 is 0 Å². The van der Waals surface area contributed by atoms with Gasteiger partial charge in [0.05, 0.1) is 6.61 Å². The molecule has 0 aromatic rings. The van der Waals surface area contributed by atoms with Crippen LogP contribution in [0.3, 0.4) is 0 Å². The lowest BCUT2D eigenvalue weighted by Gasteiger charge is -2.20. The summed E-state index contributed by atoms with van der Waals surface area (Å²) in [5, 5.41) is 3.30. The Morgan fingerprint density at radius 2 is 2.29 bits per heavy atom. The van der Waals surface area contributed by atoms with Crippen molar-refractivity contribution in [3.05, 3.63) is 12.2 Å². The Balaban J connectivity index is 2.17. The van der Waals surface area contributed by atoms with E-state index in [0.29, 0.717) is 0 Å². The van der Waals surface area contributed by atoms with Crippen molar-refractivity contribution in [3.8, 4) is 0 Å². The average Bonchev–Trinajstić information content (AvgIpc) is 2.43. The number of hydrogen-bond acceptors (Lipinski definition) is 3. The third-order valence-electron chi connectivity index (χ3n) is 2.39. The maximum Gasteiger partial charge on any atom is 0.0593 e. The van der Waals surface area contributed by atoms with Gasteiger partial charge in [-0.15, -0.1) is 0 Å². The Morgan fingerprint density at radius 3 is 3.07 bits per heavy atom. The minimum atomic E-state index is 0.870. The first-order chi connectivity index (χ1) is 6.83. The molecule has 1 saturated heterocycles. The zero-order valence-corrected chi connectivity index (χ0v) is 9.22. The van der Waals surface area contributed by atoms with Gasteiger partial charge in [0.25, 0.3) is 0 Å². The molecule has 82 valence electrons. The molecule has 1 aliphatic heterocycles. The minimum absolute atomic E-state index is 0.870. The second-order valence-electron chi connectivity index (χ2n) is 3.77. The Hall–Kier alpha value is -0.380. The van der Waals surface area contributed by atoms with E-state index in [-0.39, 0.29) is 0 Å². The lowest BCUT2D eigenvalue weighted by molar-refractivity contribution is 0.142. The second-order valence-corrected chi connectivity index (χ2v) is 3.77. The molecule has 1 aliphatic rings. The Kier molecular flexibility index (Phi) is 5.83. The monoisotopic (exact) mass is 198 g/mol. The molecule has 0 radical (unpaired) electrons. The first kappa shape index (κ1) is 11.7. The molecule has 0 aromatic heterocycles. The van der Waals surface area contributed by atoms with Crippen molar-refractivity contribution >= 4 is 0 Å². The van der Waals surface area contributed by atoms with Gasteiger partial charge in [-0.2, -0.15) is 0 Å². The predicted molar refractivity (Wildman–Crippen MR) is 59.6 cm³/mol. The van der Waals surface area contributed by atoms with Crippen LogP contribution in [0.5, 0.6) is 0 Å². The van der Waals surface area contributed by atoms with Gasteiger partial charge < -0.3 is 10.1 Å². The zero-order chi connectivity index (χ0) is 10.2. The van der Waals surface area contributed by atoms with Crippen LogP contribution in [0.1, 0.15) is 13.3 Å². The summed E-state index contributed by atoms with van der Waals surface area (Å²) in [7, 11) is 0. The van der Waals surface area contributed by atoms with Crippen molar-refractivity contribution in [2.24, 2.45) is 0 Å². The highest BCUT2D eigenvalue weighted by Gasteiger charge is 2.09. The third kappa shape index (κ3) is 4.74. The second kappa shape index (κ2) is 6.98. The zero-order valence-electron chi connectivity index (χ0n) is 9.22. The summed E-state index contributed by atoms with van der Waals surface area (Å²) in [6, 6.07) is 0. The van der Waals surface area contributed by atoms with Gasteiger partial charge in [0, 0.05) is 32.8 Å².